The summed E-state index contributed by atoms with van der Waals surface area (Å²) in [6.45, 7) is 12.3. The maximum absolute atomic E-state index is 15.5. The van der Waals surface area contributed by atoms with E-state index in [1.165, 1.54) is 6.07 Å². The molecular formula is C32H35FN2O5. The first kappa shape index (κ1) is 27.8. The number of carbonyl (C=O) groups is 2. The normalized spacial score (nSPS) is 15.3. The molecule has 5 rings (SSSR count). The molecule has 2 aliphatic heterocycles. The number of aromatic nitrogens is 1. The summed E-state index contributed by atoms with van der Waals surface area (Å²) >= 11 is 0. The maximum Gasteiger partial charge on any atom is 0.337 e. The second kappa shape index (κ2) is 10.3. The van der Waals surface area contributed by atoms with E-state index in [-0.39, 0.29) is 11.7 Å². The van der Waals surface area contributed by atoms with Crippen LogP contribution in [0.1, 0.15) is 82.7 Å². The summed E-state index contributed by atoms with van der Waals surface area (Å²) in [4.78, 5) is 32.1. The Bertz CT molecular complexity index is 1510. The summed E-state index contributed by atoms with van der Waals surface area (Å²) in [5.74, 6) is -1.52. The number of carboxylic acid groups (broad SMARTS) is 1. The molecule has 3 heterocycles. The van der Waals surface area contributed by atoms with Gasteiger partial charge in [-0.05, 0) is 112 Å². The topological polar surface area (TPSA) is 89.0 Å². The molecule has 8 heteroatoms. The minimum absolute atomic E-state index is 0.201. The molecule has 3 aromatic rings. The Morgan fingerprint density at radius 2 is 1.77 bits per heavy atom. The van der Waals surface area contributed by atoms with E-state index in [9.17, 15) is 14.7 Å². The van der Waals surface area contributed by atoms with Crippen molar-refractivity contribution in [2.45, 2.75) is 79.2 Å². The summed E-state index contributed by atoms with van der Waals surface area (Å²) in [5, 5.41) is 10.4. The highest BCUT2D eigenvalue weighted by Gasteiger charge is 2.37. The summed E-state index contributed by atoms with van der Waals surface area (Å²) in [7, 11) is 0. The lowest BCUT2D eigenvalue weighted by molar-refractivity contribution is -0.160. The number of amides is 1. The van der Waals surface area contributed by atoms with E-state index in [1.54, 1.807) is 29.3 Å². The quantitative estimate of drug-likeness (QED) is 0.408. The average molecular weight is 547 g/mol. The Hall–Kier alpha value is -3.78. The van der Waals surface area contributed by atoms with Crippen LogP contribution in [0.3, 0.4) is 0 Å². The van der Waals surface area contributed by atoms with Gasteiger partial charge in [0.1, 0.15) is 5.69 Å². The van der Waals surface area contributed by atoms with Gasteiger partial charge in [-0.2, -0.15) is 0 Å². The van der Waals surface area contributed by atoms with Crippen molar-refractivity contribution in [3.63, 3.8) is 0 Å². The number of nitrogens with zero attached hydrogens (tertiary/aromatic N) is 2. The van der Waals surface area contributed by atoms with Crippen LogP contribution in [0.5, 0.6) is 5.75 Å². The van der Waals surface area contributed by atoms with Crippen LogP contribution in [0.25, 0.3) is 11.1 Å². The molecule has 1 amide bonds. The first-order valence-electron chi connectivity index (χ1n) is 13.6. The molecule has 210 valence electrons. The molecule has 0 fully saturated rings. The summed E-state index contributed by atoms with van der Waals surface area (Å²) < 4.78 is 27.3. The van der Waals surface area contributed by atoms with E-state index in [0.29, 0.717) is 48.5 Å². The molecule has 0 radical (unpaired) electrons. The van der Waals surface area contributed by atoms with Gasteiger partial charge < -0.3 is 19.5 Å². The highest BCUT2D eigenvalue weighted by Crippen LogP contribution is 2.46. The molecule has 0 saturated carbocycles. The first-order chi connectivity index (χ1) is 18.9. The Labute approximate surface area is 233 Å². The third-order valence-electron chi connectivity index (χ3n) is 7.85. The van der Waals surface area contributed by atoms with E-state index in [4.69, 9.17) is 9.47 Å². The number of aliphatic carboxylic acids is 1. The highest BCUT2D eigenvalue weighted by molar-refractivity contribution is 5.93. The number of pyridine rings is 1. The number of carbonyl (C=O) groups excluding carboxylic acids is 1. The SMILES string of the molecule is Cc1c(-c2c(C)c3c(c(C)c2[C@H](OC(C)(C)C)C(=O)O)CN(C(=O)c2ccccn2)C3)cc(F)c2c1CCCO2. The molecule has 0 saturated heterocycles. The van der Waals surface area contributed by atoms with Crippen molar-refractivity contribution in [1.29, 1.82) is 0 Å². The lowest BCUT2D eigenvalue weighted by atomic mass is 9.81. The number of hydrogen-bond donors (Lipinski definition) is 1. The number of ether oxygens (including phenoxy) is 2. The molecule has 1 atom stereocenters. The van der Waals surface area contributed by atoms with Crippen molar-refractivity contribution in [3.05, 3.63) is 80.9 Å². The monoisotopic (exact) mass is 546 g/mol. The third-order valence-corrected chi connectivity index (χ3v) is 7.85. The Balaban J connectivity index is 1.75. The van der Waals surface area contributed by atoms with Crippen molar-refractivity contribution >= 4 is 11.9 Å². The molecule has 7 nitrogen and oxygen atoms in total. The van der Waals surface area contributed by atoms with E-state index in [2.05, 4.69) is 4.98 Å². The molecule has 1 N–H and O–H groups in total. The number of hydrogen-bond acceptors (Lipinski definition) is 5. The second-order valence-corrected chi connectivity index (χ2v) is 11.6. The largest absolute Gasteiger partial charge is 0.490 e. The van der Waals surface area contributed by atoms with Gasteiger partial charge in [-0.3, -0.25) is 9.78 Å². The molecule has 0 aliphatic carbocycles. The zero-order valence-electron chi connectivity index (χ0n) is 23.9. The van der Waals surface area contributed by atoms with Gasteiger partial charge in [0.25, 0.3) is 5.91 Å². The van der Waals surface area contributed by atoms with Crippen LogP contribution >= 0.6 is 0 Å². The van der Waals surface area contributed by atoms with Crippen LogP contribution < -0.4 is 4.74 Å². The van der Waals surface area contributed by atoms with Crippen LogP contribution in [0.4, 0.5) is 4.39 Å². The first-order valence-corrected chi connectivity index (χ1v) is 13.6. The minimum Gasteiger partial charge on any atom is -0.490 e. The van der Waals surface area contributed by atoms with Crippen molar-refractivity contribution in [2.24, 2.45) is 0 Å². The lowest BCUT2D eigenvalue weighted by Crippen LogP contribution is -2.29. The van der Waals surface area contributed by atoms with Crippen molar-refractivity contribution < 1.29 is 28.6 Å². The average Bonchev–Trinajstić information content (AvgIpc) is 3.37. The predicted molar refractivity (Wildman–Crippen MR) is 149 cm³/mol. The number of benzene rings is 2. The molecular weight excluding hydrogens is 511 g/mol. The molecule has 40 heavy (non-hydrogen) atoms. The molecule has 2 aliphatic rings. The van der Waals surface area contributed by atoms with Crippen molar-refractivity contribution in [1.82, 2.24) is 9.88 Å². The highest BCUT2D eigenvalue weighted by atomic mass is 19.1. The van der Waals surface area contributed by atoms with E-state index in [0.717, 1.165) is 39.8 Å². The fraction of sp³-hybridized carbons (Fsp3) is 0.406. The van der Waals surface area contributed by atoms with Crippen LogP contribution in [-0.2, 0) is 29.0 Å². The maximum atomic E-state index is 15.5. The van der Waals surface area contributed by atoms with E-state index >= 15 is 4.39 Å². The number of rotatable bonds is 5. The van der Waals surface area contributed by atoms with Gasteiger partial charge in [0, 0.05) is 30.4 Å². The van der Waals surface area contributed by atoms with Crippen LogP contribution in [0.15, 0.2) is 30.5 Å². The van der Waals surface area contributed by atoms with Crippen LogP contribution in [0, 0.1) is 26.6 Å². The lowest BCUT2D eigenvalue weighted by Gasteiger charge is -2.31. The van der Waals surface area contributed by atoms with Gasteiger partial charge in [-0.1, -0.05) is 6.07 Å². The standard InChI is InChI=1S/C32H35FN2O5/c1-17-20-10-9-13-39-28(20)24(33)14-21(17)26-18(2)22-15-35(30(36)25-11-7-8-12-34-25)16-23(22)19(3)27(26)29(31(37)38)40-32(4,5)6/h7-8,11-12,14,29H,9-10,13,15-16H2,1-6H3,(H,37,38)/t29-/m0/s1. The van der Waals surface area contributed by atoms with Gasteiger partial charge in [0.2, 0.25) is 0 Å². The summed E-state index contributed by atoms with van der Waals surface area (Å²) in [6.07, 6.45) is 1.74. The molecule has 0 bridgehead atoms. The summed E-state index contributed by atoms with van der Waals surface area (Å²) in [6, 6.07) is 6.67. The van der Waals surface area contributed by atoms with Crippen molar-refractivity contribution in [3.8, 4) is 16.9 Å². The Morgan fingerprint density at radius 1 is 1.07 bits per heavy atom. The molecule has 2 aromatic carbocycles. The van der Waals surface area contributed by atoms with E-state index < -0.39 is 23.5 Å². The van der Waals surface area contributed by atoms with Gasteiger partial charge in [0.05, 0.1) is 12.2 Å². The predicted octanol–water partition coefficient (Wildman–Crippen LogP) is 6.23. The number of carboxylic acids is 1. The number of halogens is 1. The molecule has 1 aromatic heterocycles. The zero-order valence-corrected chi connectivity index (χ0v) is 23.9. The van der Waals surface area contributed by atoms with Gasteiger partial charge in [-0.25, -0.2) is 9.18 Å². The fourth-order valence-corrected chi connectivity index (χ4v) is 5.99. The van der Waals surface area contributed by atoms with E-state index in [1.807, 2.05) is 41.5 Å². The molecule has 0 unspecified atom stereocenters. The Morgan fingerprint density at radius 3 is 2.40 bits per heavy atom. The summed E-state index contributed by atoms with van der Waals surface area (Å²) in [5.41, 5.74) is 6.39. The van der Waals surface area contributed by atoms with Crippen molar-refractivity contribution in [2.75, 3.05) is 6.61 Å². The van der Waals surface area contributed by atoms with Crippen LogP contribution in [-0.4, -0.2) is 39.1 Å². The smallest absolute Gasteiger partial charge is 0.337 e. The fourth-order valence-electron chi connectivity index (χ4n) is 5.99. The third kappa shape index (κ3) is 4.85. The van der Waals surface area contributed by atoms with Gasteiger partial charge in [-0.15, -0.1) is 0 Å². The van der Waals surface area contributed by atoms with Crippen LogP contribution in [0.2, 0.25) is 0 Å². The Kier molecular flexibility index (Phi) is 7.17. The van der Waals surface area contributed by atoms with Gasteiger partial charge in [0.15, 0.2) is 17.7 Å². The number of fused-ring (bicyclic) bond motifs is 2. The van der Waals surface area contributed by atoms with Gasteiger partial charge >= 0.3 is 5.97 Å². The second-order valence-electron chi connectivity index (χ2n) is 11.6. The molecule has 0 spiro atoms. The zero-order chi connectivity index (χ0) is 28.9. The minimum atomic E-state index is -1.30.